The Morgan fingerprint density at radius 3 is 2.57 bits per heavy atom. The molecule has 0 fully saturated rings. The fourth-order valence-corrected chi connectivity index (χ4v) is 2.81. The van der Waals surface area contributed by atoms with E-state index in [0.29, 0.717) is 12.2 Å². The lowest BCUT2D eigenvalue weighted by Crippen LogP contribution is -2.35. The van der Waals surface area contributed by atoms with E-state index in [1.165, 1.54) is 17.7 Å². The van der Waals surface area contributed by atoms with Crippen molar-refractivity contribution in [2.24, 2.45) is 5.84 Å². The van der Waals surface area contributed by atoms with Gasteiger partial charge in [-0.1, -0.05) is 24.3 Å². The van der Waals surface area contributed by atoms with Crippen molar-refractivity contribution < 1.29 is 13.5 Å². The summed E-state index contributed by atoms with van der Waals surface area (Å²) in [6, 6.07) is 10.7. The van der Waals surface area contributed by atoms with E-state index in [0.717, 1.165) is 18.1 Å². The van der Waals surface area contributed by atoms with Crippen LogP contribution in [0.2, 0.25) is 0 Å². The van der Waals surface area contributed by atoms with Crippen LogP contribution in [-0.4, -0.2) is 6.61 Å². The zero-order chi connectivity index (χ0) is 14.8. The van der Waals surface area contributed by atoms with Crippen LogP contribution in [0.25, 0.3) is 0 Å². The highest BCUT2D eigenvalue weighted by molar-refractivity contribution is 5.34. The quantitative estimate of drug-likeness (QED) is 0.675. The van der Waals surface area contributed by atoms with Crippen molar-refractivity contribution in [2.75, 3.05) is 6.61 Å². The third-order valence-electron chi connectivity index (χ3n) is 3.76. The summed E-state index contributed by atoms with van der Waals surface area (Å²) in [5, 5.41) is 0. The monoisotopic (exact) mass is 290 g/mol. The molecule has 3 nitrogen and oxygen atoms in total. The Morgan fingerprint density at radius 1 is 1.14 bits per heavy atom. The van der Waals surface area contributed by atoms with E-state index in [4.69, 9.17) is 10.6 Å². The Bertz CT molecular complexity index is 628. The topological polar surface area (TPSA) is 47.3 Å². The Morgan fingerprint density at radius 2 is 1.86 bits per heavy atom. The van der Waals surface area contributed by atoms with Crippen LogP contribution in [0.15, 0.2) is 42.5 Å². The lowest BCUT2D eigenvalue weighted by molar-refractivity contribution is 0.0146. The fourth-order valence-electron chi connectivity index (χ4n) is 2.81. The maximum atomic E-state index is 13.4. The van der Waals surface area contributed by atoms with E-state index in [1.807, 2.05) is 24.3 Å². The van der Waals surface area contributed by atoms with Crippen molar-refractivity contribution in [1.82, 2.24) is 5.43 Å². The highest BCUT2D eigenvalue weighted by Crippen LogP contribution is 2.36. The maximum absolute atomic E-state index is 13.4. The number of nitrogens with one attached hydrogen (secondary N) is 1. The van der Waals surface area contributed by atoms with Crippen LogP contribution in [-0.2, 0) is 11.2 Å². The third-order valence-corrected chi connectivity index (χ3v) is 3.76. The number of fused-ring (bicyclic) bond motifs is 1. The molecule has 2 atom stereocenters. The molecule has 3 rings (SSSR count). The molecule has 0 amide bonds. The molecule has 0 spiro atoms. The average Bonchev–Trinajstić information content (AvgIpc) is 2.47. The van der Waals surface area contributed by atoms with Gasteiger partial charge in [0.15, 0.2) is 0 Å². The number of halogens is 2. The van der Waals surface area contributed by atoms with Crippen LogP contribution in [0.3, 0.4) is 0 Å². The van der Waals surface area contributed by atoms with Gasteiger partial charge in [-0.15, -0.1) is 0 Å². The van der Waals surface area contributed by atoms with Crippen molar-refractivity contribution in [2.45, 2.75) is 18.6 Å². The van der Waals surface area contributed by atoms with Crippen molar-refractivity contribution in [3.63, 3.8) is 0 Å². The molecule has 110 valence electrons. The van der Waals surface area contributed by atoms with E-state index in [-0.39, 0.29) is 6.10 Å². The van der Waals surface area contributed by atoms with Crippen LogP contribution < -0.4 is 11.3 Å². The smallest absolute Gasteiger partial charge is 0.126 e. The molecule has 1 aliphatic rings. The number of hydrogen-bond donors (Lipinski definition) is 2. The normalized spacial score (nSPS) is 19.1. The molecule has 1 heterocycles. The van der Waals surface area contributed by atoms with Gasteiger partial charge >= 0.3 is 0 Å². The lowest BCUT2D eigenvalue weighted by Gasteiger charge is -2.32. The van der Waals surface area contributed by atoms with E-state index in [2.05, 4.69) is 5.43 Å². The second-order valence-electron chi connectivity index (χ2n) is 5.09. The Labute approximate surface area is 121 Å². The maximum Gasteiger partial charge on any atom is 0.126 e. The predicted octanol–water partition coefficient (Wildman–Crippen LogP) is 2.78. The molecule has 0 aliphatic carbocycles. The highest BCUT2D eigenvalue weighted by atomic mass is 19.1. The average molecular weight is 290 g/mol. The van der Waals surface area contributed by atoms with Crippen LogP contribution in [0, 0.1) is 11.6 Å². The molecular weight excluding hydrogens is 274 g/mol. The molecule has 2 unspecified atom stereocenters. The first-order valence-electron chi connectivity index (χ1n) is 6.80. The minimum absolute atomic E-state index is 0.374. The van der Waals surface area contributed by atoms with Crippen LogP contribution in [0.5, 0.6) is 0 Å². The van der Waals surface area contributed by atoms with Gasteiger partial charge < -0.3 is 4.74 Å². The van der Waals surface area contributed by atoms with Gasteiger partial charge in [0.2, 0.25) is 0 Å². The molecule has 5 heteroatoms. The third kappa shape index (κ3) is 2.81. The first-order chi connectivity index (χ1) is 10.2. The summed E-state index contributed by atoms with van der Waals surface area (Å²) >= 11 is 0. The molecule has 0 radical (unpaired) electrons. The summed E-state index contributed by atoms with van der Waals surface area (Å²) < 4.78 is 32.7. The summed E-state index contributed by atoms with van der Waals surface area (Å²) in [6.07, 6.45) is 0.447. The summed E-state index contributed by atoms with van der Waals surface area (Å²) in [4.78, 5) is 0. The summed E-state index contributed by atoms with van der Waals surface area (Å²) in [7, 11) is 0. The zero-order valence-corrected chi connectivity index (χ0v) is 11.4. The number of ether oxygens (including phenoxy) is 1. The Hall–Kier alpha value is -1.82. The second-order valence-corrected chi connectivity index (χ2v) is 5.09. The molecule has 2 aromatic carbocycles. The standard InChI is InChI=1S/C16H16F2N2O/c17-12-7-11(8-13(18)9-12)15(20-19)16-14-4-2-1-3-10(14)5-6-21-16/h1-4,7-9,15-16,20H,5-6,19H2. The molecular formula is C16H16F2N2O. The summed E-state index contributed by atoms with van der Waals surface area (Å²) in [5.41, 5.74) is 5.22. The highest BCUT2D eigenvalue weighted by Gasteiger charge is 2.29. The fraction of sp³-hybridized carbons (Fsp3) is 0.250. The molecule has 1 aliphatic heterocycles. The minimum atomic E-state index is -0.630. The van der Waals surface area contributed by atoms with Crippen LogP contribution in [0.4, 0.5) is 8.78 Å². The van der Waals surface area contributed by atoms with Crippen molar-refractivity contribution >= 4 is 0 Å². The van der Waals surface area contributed by atoms with Crippen molar-refractivity contribution in [3.8, 4) is 0 Å². The largest absolute Gasteiger partial charge is 0.371 e. The van der Waals surface area contributed by atoms with Gasteiger partial charge in [0.05, 0.1) is 12.6 Å². The van der Waals surface area contributed by atoms with Gasteiger partial charge in [0.25, 0.3) is 0 Å². The van der Waals surface area contributed by atoms with Gasteiger partial charge in [-0.2, -0.15) is 0 Å². The lowest BCUT2D eigenvalue weighted by atomic mass is 9.90. The number of nitrogens with two attached hydrogens (primary N) is 1. The van der Waals surface area contributed by atoms with Crippen molar-refractivity contribution in [3.05, 3.63) is 70.8 Å². The molecule has 2 aromatic rings. The van der Waals surface area contributed by atoms with E-state index in [1.54, 1.807) is 0 Å². The molecule has 0 saturated carbocycles. The Balaban J connectivity index is 2.01. The van der Waals surface area contributed by atoms with Gasteiger partial charge in [0.1, 0.15) is 17.7 Å². The Kier molecular flexibility index (Phi) is 3.96. The second kappa shape index (κ2) is 5.89. The molecule has 0 saturated heterocycles. The zero-order valence-electron chi connectivity index (χ0n) is 11.4. The van der Waals surface area contributed by atoms with E-state index < -0.39 is 17.7 Å². The van der Waals surface area contributed by atoms with Crippen LogP contribution in [0.1, 0.15) is 28.8 Å². The van der Waals surface area contributed by atoms with Gasteiger partial charge in [-0.3, -0.25) is 5.84 Å². The van der Waals surface area contributed by atoms with Gasteiger partial charge in [-0.05, 0) is 35.2 Å². The molecule has 0 bridgehead atoms. The number of benzene rings is 2. The first kappa shape index (κ1) is 14.1. The molecule has 3 N–H and O–H groups in total. The van der Waals surface area contributed by atoms with Crippen molar-refractivity contribution in [1.29, 1.82) is 0 Å². The van der Waals surface area contributed by atoms with E-state index >= 15 is 0 Å². The minimum Gasteiger partial charge on any atom is -0.371 e. The number of hydrogen-bond acceptors (Lipinski definition) is 3. The van der Waals surface area contributed by atoms with Gasteiger partial charge in [-0.25, -0.2) is 14.2 Å². The SMILES string of the molecule is NNC(c1cc(F)cc(F)c1)C1OCCc2ccccc21. The number of rotatable bonds is 3. The van der Waals surface area contributed by atoms with Gasteiger partial charge in [0, 0.05) is 6.07 Å². The molecule has 0 aromatic heterocycles. The number of hydrazine groups is 1. The summed E-state index contributed by atoms with van der Waals surface area (Å²) in [5.74, 6) is 4.36. The summed E-state index contributed by atoms with van der Waals surface area (Å²) in [6.45, 7) is 0.553. The predicted molar refractivity (Wildman–Crippen MR) is 75.3 cm³/mol. The van der Waals surface area contributed by atoms with Crippen LogP contribution >= 0.6 is 0 Å². The molecule has 21 heavy (non-hydrogen) atoms. The first-order valence-corrected chi connectivity index (χ1v) is 6.80. The van der Waals surface area contributed by atoms with E-state index in [9.17, 15) is 8.78 Å².